The van der Waals surface area contributed by atoms with E-state index in [1.165, 1.54) is 11.8 Å². The number of hydrogen-bond donors (Lipinski definition) is 0. The van der Waals surface area contributed by atoms with Gasteiger partial charge in [0.05, 0.1) is 11.5 Å². The molecule has 21 heavy (non-hydrogen) atoms. The number of hydrogen-bond acceptors (Lipinski definition) is 4. The van der Waals surface area contributed by atoms with Crippen LogP contribution in [0.25, 0.3) is 0 Å². The number of carbonyl (C=O) groups excluding carboxylic acids is 1. The molecule has 3 rings (SSSR count). The molecule has 0 bridgehead atoms. The van der Waals surface area contributed by atoms with Gasteiger partial charge in [0.15, 0.2) is 0 Å². The molecule has 0 spiro atoms. The summed E-state index contributed by atoms with van der Waals surface area (Å²) in [6.07, 6.45) is 1.67. The van der Waals surface area contributed by atoms with Gasteiger partial charge in [0.1, 0.15) is 6.61 Å². The van der Waals surface area contributed by atoms with Crippen molar-refractivity contribution in [2.75, 3.05) is 0 Å². The molecule has 3 nitrogen and oxygen atoms in total. The van der Waals surface area contributed by atoms with Crippen LogP contribution in [0.1, 0.15) is 26.7 Å². The Morgan fingerprint density at radius 3 is 2.76 bits per heavy atom. The van der Waals surface area contributed by atoms with Gasteiger partial charge in [-0.05, 0) is 23.3 Å². The van der Waals surface area contributed by atoms with E-state index in [-0.39, 0.29) is 10.4 Å². The lowest BCUT2D eigenvalue weighted by atomic mass is 10.1. The van der Waals surface area contributed by atoms with E-state index in [1.54, 1.807) is 6.21 Å². The van der Waals surface area contributed by atoms with Crippen LogP contribution in [-0.2, 0) is 11.4 Å². The summed E-state index contributed by atoms with van der Waals surface area (Å²) in [4.78, 5) is 17.1. The topological polar surface area (TPSA) is 38.7 Å². The smallest absolute Gasteiger partial charge is 0.220 e. The Hall–Kier alpha value is -1.78. The second kappa shape index (κ2) is 6.33. The van der Waals surface area contributed by atoms with Crippen molar-refractivity contribution in [2.24, 2.45) is 5.16 Å². The molecule has 5 heteroatoms. The zero-order valence-corrected chi connectivity index (χ0v) is 12.6. The molecule has 0 amide bonds. The fourth-order valence-corrected chi connectivity index (χ4v) is 3.19. The first-order valence-corrected chi connectivity index (χ1v) is 7.69. The Balaban J connectivity index is 1.60. The molecule has 1 aliphatic rings. The first-order chi connectivity index (χ1) is 10.2. The molecular weight excluding hydrogens is 306 g/mol. The van der Waals surface area contributed by atoms with Crippen molar-refractivity contribution in [1.29, 1.82) is 0 Å². The van der Waals surface area contributed by atoms with E-state index in [2.05, 4.69) is 5.16 Å². The molecule has 2 aromatic rings. The summed E-state index contributed by atoms with van der Waals surface area (Å²) in [6, 6.07) is 15.0. The number of rotatable bonds is 4. The van der Waals surface area contributed by atoms with Crippen molar-refractivity contribution in [3.63, 3.8) is 0 Å². The zero-order chi connectivity index (χ0) is 14.7. The molecule has 106 valence electrons. The summed E-state index contributed by atoms with van der Waals surface area (Å²) in [5.74, 6) is 0. The molecule has 1 aliphatic heterocycles. The molecule has 0 aliphatic carbocycles. The molecule has 0 saturated carbocycles. The van der Waals surface area contributed by atoms with Crippen LogP contribution in [0.4, 0.5) is 0 Å². The van der Waals surface area contributed by atoms with Crippen LogP contribution in [-0.4, -0.2) is 11.3 Å². The Morgan fingerprint density at radius 1 is 1.19 bits per heavy atom. The van der Waals surface area contributed by atoms with Gasteiger partial charge in [-0.1, -0.05) is 64.9 Å². The van der Waals surface area contributed by atoms with E-state index in [9.17, 15) is 4.79 Å². The minimum absolute atomic E-state index is 0.0704. The predicted octanol–water partition coefficient (Wildman–Crippen LogP) is 4.47. The maximum absolute atomic E-state index is 11.8. The van der Waals surface area contributed by atoms with E-state index < -0.39 is 0 Å². The molecule has 2 aromatic carbocycles. The minimum Gasteiger partial charge on any atom is -0.391 e. The van der Waals surface area contributed by atoms with Crippen LogP contribution in [0.3, 0.4) is 0 Å². The van der Waals surface area contributed by atoms with Gasteiger partial charge >= 0.3 is 0 Å². The summed E-state index contributed by atoms with van der Waals surface area (Å²) in [6.45, 7) is 0.376. The number of benzene rings is 2. The van der Waals surface area contributed by atoms with E-state index in [1.807, 2.05) is 48.5 Å². The SMILES string of the molecule is O=C1S[C@@H](/C=N\OCc2ccc(Cl)cc2)c2ccccc21. The van der Waals surface area contributed by atoms with Crippen molar-refractivity contribution < 1.29 is 9.63 Å². The van der Waals surface area contributed by atoms with Crippen LogP contribution in [0.5, 0.6) is 0 Å². The normalized spacial score (nSPS) is 17.2. The van der Waals surface area contributed by atoms with Crippen LogP contribution in [0.2, 0.25) is 5.02 Å². The number of fused-ring (bicyclic) bond motifs is 1. The predicted molar refractivity (Wildman–Crippen MR) is 85.8 cm³/mol. The molecule has 0 N–H and O–H groups in total. The second-order valence-electron chi connectivity index (χ2n) is 4.57. The number of nitrogens with zero attached hydrogens (tertiary/aromatic N) is 1. The van der Waals surface area contributed by atoms with Crippen molar-refractivity contribution in [1.82, 2.24) is 0 Å². The van der Waals surface area contributed by atoms with Crippen molar-refractivity contribution in [2.45, 2.75) is 11.9 Å². The highest BCUT2D eigenvalue weighted by Gasteiger charge is 2.28. The fraction of sp³-hybridized carbons (Fsp3) is 0.125. The quantitative estimate of drug-likeness (QED) is 0.617. The van der Waals surface area contributed by atoms with Crippen molar-refractivity contribution >= 4 is 34.7 Å². The van der Waals surface area contributed by atoms with E-state index in [4.69, 9.17) is 16.4 Å². The molecule has 0 unspecified atom stereocenters. The Labute approximate surface area is 131 Å². The highest BCUT2D eigenvalue weighted by molar-refractivity contribution is 8.15. The standard InChI is InChI=1S/C16H12ClNO2S/c17-12-7-5-11(6-8-12)10-20-18-9-15-13-3-1-2-4-14(13)16(19)21-15/h1-9,15H,10H2/b18-9-/t15-/m0/s1. The lowest BCUT2D eigenvalue weighted by Crippen LogP contribution is -1.93. The third-order valence-corrected chi connectivity index (χ3v) is 4.45. The number of carbonyl (C=O) groups is 1. The van der Waals surface area contributed by atoms with Gasteiger partial charge in [-0.2, -0.15) is 0 Å². The van der Waals surface area contributed by atoms with E-state index >= 15 is 0 Å². The molecule has 0 fully saturated rings. The number of oxime groups is 1. The summed E-state index contributed by atoms with van der Waals surface area (Å²) < 4.78 is 0. The summed E-state index contributed by atoms with van der Waals surface area (Å²) in [5, 5.41) is 4.68. The minimum atomic E-state index is -0.0704. The third kappa shape index (κ3) is 3.28. The fourth-order valence-electron chi connectivity index (χ4n) is 2.07. The van der Waals surface area contributed by atoms with Crippen molar-refractivity contribution in [3.05, 3.63) is 70.2 Å². The maximum Gasteiger partial charge on any atom is 0.220 e. The van der Waals surface area contributed by atoms with Gasteiger partial charge in [0, 0.05) is 10.6 Å². The summed E-state index contributed by atoms with van der Waals surface area (Å²) in [7, 11) is 0. The second-order valence-corrected chi connectivity index (χ2v) is 6.12. The monoisotopic (exact) mass is 317 g/mol. The van der Waals surface area contributed by atoms with Crippen LogP contribution in [0, 0.1) is 0 Å². The van der Waals surface area contributed by atoms with Crippen molar-refractivity contribution in [3.8, 4) is 0 Å². The first-order valence-electron chi connectivity index (χ1n) is 6.44. The van der Waals surface area contributed by atoms with E-state index in [0.29, 0.717) is 11.6 Å². The molecule has 0 aromatic heterocycles. The number of halogens is 1. The Bertz CT molecular complexity index is 685. The lowest BCUT2D eigenvalue weighted by molar-refractivity contribution is 0.109. The van der Waals surface area contributed by atoms with Gasteiger partial charge in [0.25, 0.3) is 0 Å². The van der Waals surface area contributed by atoms with Gasteiger partial charge in [-0.3, -0.25) is 4.79 Å². The molecule has 0 radical (unpaired) electrons. The Morgan fingerprint density at radius 2 is 1.95 bits per heavy atom. The van der Waals surface area contributed by atoms with Gasteiger partial charge in [0.2, 0.25) is 5.12 Å². The van der Waals surface area contributed by atoms with Gasteiger partial charge in [-0.15, -0.1) is 0 Å². The molecule has 1 atom stereocenters. The van der Waals surface area contributed by atoms with Crippen LogP contribution < -0.4 is 0 Å². The molecule has 1 heterocycles. The van der Waals surface area contributed by atoms with E-state index in [0.717, 1.165) is 16.7 Å². The lowest BCUT2D eigenvalue weighted by Gasteiger charge is -2.03. The largest absolute Gasteiger partial charge is 0.391 e. The third-order valence-electron chi connectivity index (χ3n) is 3.14. The van der Waals surface area contributed by atoms with Crippen LogP contribution in [0.15, 0.2) is 53.7 Å². The zero-order valence-electron chi connectivity index (χ0n) is 11.0. The average Bonchev–Trinajstić information content (AvgIpc) is 2.83. The maximum atomic E-state index is 11.8. The van der Waals surface area contributed by atoms with Gasteiger partial charge in [-0.25, -0.2) is 0 Å². The molecular formula is C16H12ClNO2S. The van der Waals surface area contributed by atoms with Gasteiger partial charge < -0.3 is 4.84 Å². The van der Waals surface area contributed by atoms with Crippen LogP contribution >= 0.6 is 23.4 Å². The Kier molecular flexibility index (Phi) is 4.27. The highest BCUT2D eigenvalue weighted by Crippen LogP contribution is 2.39. The first kappa shape index (κ1) is 14.2. The molecule has 0 saturated heterocycles. The average molecular weight is 318 g/mol. The highest BCUT2D eigenvalue weighted by atomic mass is 35.5. The summed E-state index contributed by atoms with van der Waals surface area (Å²) in [5.41, 5.74) is 2.75. The summed E-state index contributed by atoms with van der Waals surface area (Å²) >= 11 is 7.07. The number of thioether (sulfide) groups is 1.